The van der Waals surface area contributed by atoms with E-state index >= 15 is 0 Å². The number of carbonyl (C=O) groups is 1. The summed E-state index contributed by atoms with van der Waals surface area (Å²) in [4.78, 5) is 20.5. The molecule has 2 fully saturated rings. The summed E-state index contributed by atoms with van der Waals surface area (Å²) in [6.45, 7) is 1.34. The molecule has 2 heterocycles. The highest BCUT2D eigenvalue weighted by molar-refractivity contribution is 7.80. The van der Waals surface area contributed by atoms with Gasteiger partial charge in [0.1, 0.15) is 11.4 Å². The summed E-state index contributed by atoms with van der Waals surface area (Å²) in [5.41, 5.74) is 5.46. The third-order valence-corrected chi connectivity index (χ3v) is 6.73. The Morgan fingerprint density at radius 3 is 2.31 bits per heavy atom. The lowest BCUT2D eigenvalue weighted by Crippen LogP contribution is -2.33. The van der Waals surface area contributed by atoms with Gasteiger partial charge in [-0.2, -0.15) is 4.98 Å². The molecule has 0 unspecified atom stereocenters. The van der Waals surface area contributed by atoms with Crippen molar-refractivity contribution < 1.29 is 18.3 Å². The Bertz CT molecular complexity index is 1090. The van der Waals surface area contributed by atoms with E-state index in [1.807, 2.05) is 0 Å². The number of primary amides is 1. The van der Waals surface area contributed by atoms with Crippen molar-refractivity contribution in [3.05, 3.63) is 35.0 Å². The highest BCUT2D eigenvalue weighted by Gasteiger charge is 2.26. The molecule has 2 aliphatic rings. The summed E-state index contributed by atoms with van der Waals surface area (Å²) in [5.74, 6) is -1.24. The van der Waals surface area contributed by atoms with E-state index < -0.39 is 17.3 Å². The van der Waals surface area contributed by atoms with Gasteiger partial charge < -0.3 is 31.7 Å². The monoisotopic (exact) mass is 539 g/mol. The average Bonchev–Trinajstić information content (AvgIpc) is 2.84. The fraction of sp³-hybridized carbons (Fsp3) is 0.478. The van der Waals surface area contributed by atoms with E-state index in [0.29, 0.717) is 43.5 Å². The van der Waals surface area contributed by atoms with Crippen LogP contribution in [0.3, 0.4) is 0 Å². The quantitative estimate of drug-likeness (QED) is 0.328. The van der Waals surface area contributed by atoms with Crippen LogP contribution in [0.2, 0.25) is 5.02 Å². The molecule has 194 valence electrons. The topological polar surface area (TPSA) is 126 Å². The van der Waals surface area contributed by atoms with Crippen molar-refractivity contribution in [2.24, 2.45) is 11.7 Å². The van der Waals surface area contributed by atoms with Gasteiger partial charge in [0.05, 0.1) is 6.20 Å². The highest BCUT2D eigenvalue weighted by Crippen LogP contribution is 2.30. The zero-order valence-corrected chi connectivity index (χ0v) is 21.0. The van der Waals surface area contributed by atoms with Crippen LogP contribution in [0.15, 0.2) is 18.3 Å². The van der Waals surface area contributed by atoms with E-state index in [2.05, 4.69) is 31.2 Å². The maximum absolute atomic E-state index is 14.2. The lowest BCUT2D eigenvalue weighted by molar-refractivity contribution is -0.122. The lowest BCUT2D eigenvalue weighted by atomic mass is 9.85. The van der Waals surface area contributed by atoms with Crippen LogP contribution in [0.4, 0.5) is 31.9 Å². The van der Waals surface area contributed by atoms with Crippen LogP contribution in [0.1, 0.15) is 38.5 Å². The number of anilines is 4. The first kappa shape index (κ1) is 26.2. The third kappa shape index (κ3) is 6.89. The van der Waals surface area contributed by atoms with Crippen molar-refractivity contribution in [3.63, 3.8) is 0 Å². The minimum atomic E-state index is -0.874. The number of hydrogen-bond acceptors (Lipinski definition) is 7. The van der Waals surface area contributed by atoms with Gasteiger partial charge in [0.25, 0.3) is 0 Å². The molecule has 0 atom stereocenters. The van der Waals surface area contributed by atoms with E-state index in [1.54, 1.807) is 6.20 Å². The molecule has 1 aliphatic heterocycles. The van der Waals surface area contributed by atoms with Crippen LogP contribution in [-0.2, 0) is 9.53 Å². The molecule has 1 aliphatic carbocycles. The van der Waals surface area contributed by atoms with Crippen LogP contribution in [0, 0.1) is 17.6 Å². The number of benzene rings is 1. The Morgan fingerprint density at radius 2 is 1.67 bits per heavy atom. The maximum Gasteiger partial charge on any atom is 0.224 e. The molecule has 1 saturated heterocycles. The Kier molecular flexibility index (Phi) is 8.70. The molecule has 1 aromatic carbocycles. The van der Waals surface area contributed by atoms with Gasteiger partial charge in [-0.25, -0.2) is 13.8 Å². The van der Waals surface area contributed by atoms with Crippen LogP contribution in [0.25, 0.3) is 0 Å². The summed E-state index contributed by atoms with van der Waals surface area (Å²) in [5, 5.41) is 12.1. The molecule has 2 aromatic rings. The largest absolute Gasteiger partial charge is 0.381 e. The van der Waals surface area contributed by atoms with Crippen molar-refractivity contribution in [2.45, 2.75) is 50.6 Å². The molecule has 4 rings (SSSR count). The normalized spacial score (nSPS) is 20.4. The Balaban J connectivity index is 1.50. The minimum Gasteiger partial charge on any atom is -0.381 e. The van der Waals surface area contributed by atoms with Crippen LogP contribution < -0.4 is 27.0 Å². The number of nitrogens with two attached hydrogens (primary N) is 1. The van der Waals surface area contributed by atoms with E-state index in [4.69, 9.17) is 34.3 Å². The first-order valence-corrected chi connectivity index (χ1v) is 12.6. The number of hydrogen-bond donors (Lipinski definition) is 5. The molecule has 1 saturated carbocycles. The molecule has 9 nitrogen and oxygen atoms in total. The predicted octanol–water partition coefficient (Wildman–Crippen LogP) is 4.26. The van der Waals surface area contributed by atoms with Crippen LogP contribution in [0.5, 0.6) is 0 Å². The molecule has 1 aromatic heterocycles. The number of ether oxygens (including phenoxy) is 1. The minimum absolute atomic E-state index is 0.0515. The van der Waals surface area contributed by atoms with Gasteiger partial charge in [-0.15, -0.1) is 0 Å². The van der Waals surface area contributed by atoms with Crippen molar-refractivity contribution in [3.8, 4) is 0 Å². The number of nitrogens with one attached hydrogen (secondary N) is 4. The number of rotatable bonds is 7. The van der Waals surface area contributed by atoms with E-state index in [0.717, 1.165) is 37.8 Å². The van der Waals surface area contributed by atoms with Crippen molar-refractivity contribution in [2.75, 3.05) is 34.5 Å². The molecule has 1 amide bonds. The smallest absolute Gasteiger partial charge is 0.224 e. The lowest BCUT2D eigenvalue weighted by Gasteiger charge is -2.29. The number of aromatic nitrogens is 2. The Hall–Kier alpha value is -2.83. The van der Waals surface area contributed by atoms with Crippen molar-refractivity contribution >= 4 is 58.0 Å². The molecule has 0 spiro atoms. The van der Waals surface area contributed by atoms with Gasteiger partial charge in [-0.05, 0) is 62.9 Å². The number of thiocarbonyl (C=S) groups is 1. The van der Waals surface area contributed by atoms with Gasteiger partial charge in [-0.3, -0.25) is 4.79 Å². The van der Waals surface area contributed by atoms with Crippen molar-refractivity contribution in [1.29, 1.82) is 0 Å². The molecule has 13 heteroatoms. The number of amides is 1. The molecule has 0 bridgehead atoms. The average molecular weight is 540 g/mol. The first-order valence-electron chi connectivity index (χ1n) is 11.8. The summed E-state index contributed by atoms with van der Waals surface area (Å²) >= 11 is 11.0. The zero-order chi connectivity index (χ0) is 25.7. The Labute approximate surface area is 217 Å². The van der Waals surface area contributed by atoms with E-state index in [9.17, 15) is 13.6 Å². The first-order chi connectivity index (χ1) is 17.3. The van der Waals surface area contributed by atoms with Crippen molar-refractivity contribution in [1.82, 2.24) is 9.97 Å². The van der Waals surface area contributed by atoms with Gasteiger partial charge in [-0.1, -0.05) is 11.6 Å². The third-order valence-electron chi connectivity index (χ3n) is 6.31. The number of nitrogens with zero attached hydrogens (tertiary/aromatic N) is 2. The second kappa shape index (κ2) is 11.9. The molecular weight excluding hydrogens is 512 g/mol. The fourth-order valence-electron chi connectivity index (χ4n) is 4.32. The maximum atomic E-state index is 14.2. The summed E-state index contributed by atoms with van der Waals surface area (Å²) in [6.07, 6.45) is 6.08. The highest BCUT2D eigenvalue weighted by atomic mass is 35.5. The van der Waals surface area contributed by atoms with Gasteiger partial charge in [0.15, 0.2) is 22.6 Å². The van der Waals surface area contributed by atoms with Crippen LogP contribution in [-0.4, -0.2) is 46.3 Å². The molecule has 36 heavy (non-hydrogen) atoms. The van der Waals surface area contributed by atoms with E-state index in [-0.39, 0.29) is 34.0 Å². The second-order valence-corrected chi connectivity index (χ2v) is 9.75. The summed E-state index contributed by atoms with van der Waals surface area (Å²) in [7, 11) is 0. The predicted molar refractivity (Wildman–Crippen MR) is 139 cm³/mol. The summed E-state index contributed by atoms with van der Waals surface area (Å²) in [6, 6.07) is 2.23. The summed E-state index contributed by atoms with van der Waals surface area (Å²) < 4.78 is 33.8. The van der Waals surface area contributed by atoms with Crippen LogP contribution >= 0.6 is 23.8 Å². The van der Waals surface area contributed by atoms with E-state index in [1.165, 1.54) is 0 Å². The molecule has 6 N–H and O–H groups in total. The van der Waals surface area contributed by atoms with Gasteiger partial charge >= 0.3 is 0 Å². The number of halogens is 3. The van der Waals surface area contributed by atoms with Gasteiger partial charge in [0.2, 0.25) is 11.9 Å². The fourth-order valence-corrected chi connectivity index (χ4v) is 4.73. The van der Waals surface area contributed by atoms with Gasteiger partial charge in [0, 0.05) is 36.2 Å². The standard InChI is InChI=1S/C23H28ClF2N7O2S/c24-13-9-16(25)19(17(26)10-13)32-23(36)31-18-11-28-22(30-15-5-7-35-8-6-15)33-21(18)29-14-3-1-12(2-4-14)20(27)34/h9-12,14-15H,1-8H2,(H2,27,34)(H2,31,32,36)(H2,28,29,30,33). The SMILES string of the molecule is NC(=O)C1CCC(Nc2nc(NC3CCOCC3)ncc2NC(=S)Nc2c(F)cc(Cl)cc2F)CC1. The Morgan fingerprint density at radius 1 is 1.03 bits per heavy atom. The number of carbonyl (C=O) groups excluding carboxylic acids is 1. The molecular formula is C23H28ClF2N7O2S. The molecule has 0 radical (unpaired) electrons. The zero-order valence-electron chi connectivity index (χ0n) is 19.5. The second-order valence-electron chi connectivity index (χ2n) is 8.91.